The molecule has 1 atom stereocenters. The second kappa shape index (κ2) is 4.64. The number of nitrogens with two attached hydrogens (primary N) is 2. The van der Waals surface area contributed by atoms with Gasteiger partial charge in [-0.1, -0.05) is 17.7 Å². The minimum absolute atomic E-state index is 0.182. The van der Waals surface area contributed by atoms with Gasteiger partial charge in [-0.25, -0.2) is 0 Å². The van der Waals surface area contributed by atoms with Crippen molar-refractivity contribution < 1.29 is 0 Å². The molecule has 0 aliphatic carbocycles. The normalized spacial score (nSPS) is 12.6. The molecule has 0 heterocycles. The number of halogens is 1. The monoisotopic (exact) mass is 213 g/mol. The highest BCUT2D eigenvalue weighted by atomic mass is 35.5. The van der Waals surface area contributed by atoms with Crippen molar-refractivity contribution in [3.63, 3.8) is 0 Å². The van der Waals surface area contributed by atoms with Crippen LogP contribution in [0.2, 0.25) is 5.02 Å². The van der Waals surface area contributed by atoms with Gasteiger partial charge in [-0.05, 0) is 17.7 Å². The lowest BCUT2D eigenvalue weighted by atomic mass is 10.1. The molecule has 3 nitrogen and oxygen atoms in total. The summed E-state index contributed by atoms with van der Waals surface area (Å²) >= 11 is 6.08. The molecule has 1 rings (SSSR count). The van der Waals surface area contributed by atoms with Crippen LogP contribution in [0.4, 0.5) is 5.69 Å². The molecule has 0 saturated carbocycles. The second-order valence-corrected chi connectivity index (χ2v) is 3.85. The number of hydrogen-bond donors (Lipinski definition) is 2. The van der Waals surface area contributed by atoms with Crippen molar-refractivity contribution in [3.05, 3.63) is 28.8 Å². The van der Waals surface area contributed by atoms with Gasteiger partial charge in [0.25, 0.3) is 0 Å². The van der Waals surface area contributed by atoms with Crippen LogP contribution in [0, 0.1) is 0 Å². The molecule has 0 spiro atoms. The molecule has 14 heavy (non-hydrogen) atoms. The molecule has 1 unspecified atom stereocenters. The van der Waals surface area contributed by atoms with Gasteiger partial charge >= 0.3 is 0 Å². The molecule has 0 bridgehead atoms. The molecule has 1 aromatic carbocycles. The maximum atomic E-state index is 6.08. The van der Waals surface area contributed by atoms with E-state index < -0.39 is 0 Å². The van der Waals surface area contributed by atoms with Crippen molar-refractivity contribution in [3.8, 4) is 0 Å². The number of nitrogens with zero attached hydrogens (tertiary/aromatic N) is 1. The van der Waals surface area contributed by atoms with Crippen molar-refractivity contribution >= 4 is 17.3 Å². The Labute approximate surface area is 89.6 Å². The number of hydrogen-bond acceptors (Lipinski definition) is 3. The fraction of sp³-hybridized carbons (Fsp3) is 0.400. The molecule has 0 aromatic heterocycles. The fourth-order valence-corrected chi connectivity index (χ4v) is 1.54. The molecule has 0 fully saturated rings. The smallest absolute Gasteiger partial charge is 0.0474 e. The van der Waals surface area contributed by atoms with Crippen molar-refractivity contribution in [2.45, 2.75) is 6.04 Å². The largest absolute Gasteiger partial charge is 0.378 e. The maximum Gasteiger partial charge on any atom is 0.0474 e. The summed E-state index contributed by atoms with van der Waals surface area (Å²) in [5, 5.41) is 0.675. The topological polar surface area (TPSA) is 55.3 Å². The van der Waals surface area contributed by atoms with Gasteiger partial charge in [0.15, 0.2) is 0 Å². The molecule has 0 aliphatic heterocycles. The Bertz CT molecular complexity index is 312. The lowest BCUT2D eigenvalue weighted by molar-refractivity contribution is 0.737. The Hall–Kier alpha value is -0.770. The zero-order valence-corrected chi connectivity index (χ0v) is 9.25. The molecule has 0 saturated heterocycles. The van der Waals surface area contributed by atoms with Crippen LogP contribution in [-0.2, 0) is 0 Å². The average Bonchev–Trinajstić information content (AvgIpc) is 2.16. The van der Waals surface area contributed by atoms with Crippen LogP contribution in [-0.4, -0.2) is 20.6 Å². The van der Waals surface area contributed by atoms with Crippen LogP contribution in [0.15, 0.2) is 18.2 Å². The van der Waals surface area contributed by atoms with Gasteiger partial charge in [0, 0.05) is 37.4 Å². The van der Waals surface area contributed by atoms with E-state index in [1.54, 1.807) is 0 Å². The lowest BCUT2D eigenvalue weighted by Crippen LogP contribution is -2.21. The van der Waals surface area contributed by atoms with Crippen LogP contribution in [0.1, 0.15) is 11.6 Å². The van der Waals surface area contributed by atoms with E-state index in [-0.39, 0.29) is 6.04 Å². The van der Waals surface area contributed by atoms with E-state index in [0.29, 0.717) is 11.6 Å². The predicted molar refractivity (Wildman–Crippen MR) is 61.8 cm³/mol. The average molecular weight is 214 g/mol. The Morgan fingerprint density at radius 3 is 2.50 bits per heavy atom. The van der Waals surface area contributed by atoms with Gasteiger partial charge in [0.1, 0.15) is 0 Å². The van der Waals surface area contributed by atoms with E-state index in [4.69, 9.17) is 23.1 Å². The standard InChI is InChI=1S/C10H16ClN3/c1-14(2)7-3-4-8(9(11)5-7)10(13)6-12/h3-5,10H,6,12-13H2,1-2H3. The predicted octanol–water partition coefficient (Wildman–Crippen LogP) is 1.36. The molecule has 4 N–H and O–H groups in total. The van der Waals surface area contributed by atoms with E-state index in [9.17, 15) is 0 Å². The highest BCUT2D eigenvalue weighted by molar-refractivity contribution is 6.31. The summed E-state index contributed by atoms with van der Waals surface area (Å²) in [6, 6.07) is 5.62. The van der Waals surface area contributed by atoms with E-state index in [1.807, 2.05) is 37.2 Å². The van der Waals surface area contributed by atoms with Gasteiger partial charge in [-0.15, -0.1) is 0 Å². The Kier molecular flexibility index (Phi) is 3.75. The first-order valence-electron chi connectivity index (χ1n) is 4.48. The Morgan fingerprint density at radius 1 is 1.43 bits per heavy atom. The van der Waals surface area contributed by atoms with Gasteiger partial charge in [0.05, 0.1) is 0 Å². The zero-order valence-electron chi connectivity index (χ0n) is 8.50. The first-order chi connectivity index (χ1) is 6.56. The van der Waals surface area contributed by atoms with Crippen LogP contribution >= 0.6 is 11.6 Å². The number of rotatable bonds is 3. The summed E-state index contributed by atoms with van der Waals surface area (Å²) in [6.07, 6.45) is 0. The summed E-state index contributed by atoms with van der Waals surface area (Å²) in [5.74, 6) is 0. The van der Waals surface area contributed by atoms with Crippen LogP contribution in [0.5, 0.6) is 0 Å². The summed E-state index contributed by atoms with van der Waals surface area (Å²) < 4.78 is 0. The van der Waals surface area contributed by atoms with Gasteiger partial charge in [0.2, 0.25) is 0 Å². The second-order valence-electron chi connectivity index (χ2n) is 3.44. The minimum Gasteiger partial charge on any atom is -0.378 e. The zero-order chi connectivity index (χ0) is 10.7. The van der Waals surface area contributed by atoms with Crippen molar-refractivity contribution in [2.75, 3.05) is 25.5 Å². The molecule has 0 amide bonds. The molecular weight excluding hydrogens is 198 g/mol. The first kappa shape index (κ1) is 11.3. The van der Waals surface area contributed by atoms with E-state index in [2.05, 4.69) is 0 Å². The number of anilines is 1. The van der Waals surface area contributed by atoms with Crippen LogP contribution < -0.4 is 16.4 Å². The third-order valence-corrected chi connectivity index (χ3v) is 2.48. The Balaban J connectivity index is 3.01. The first-order valence-corrected chi connectivity index (χ1v) is 4.86. The van der Waals surface area contributed by atoms with Crippen LogP contribution in [0.25, 0.3) is 0 Å². The summed E-state index contributed by atoms with van der Waals surface area (Å²) in [5.41, 5.74) is 13.2. The summed E-state index contributed by atoms with van der Waals surface area (Å²) in [4.78, 5) is 1.99. The van der Waals surface area contributed by atoms with Crippen molar-refractivity contribution in [2.24, 2.45) is 11.5 Å². The van der Waals surface area contributed by atoms with Crippen molar-refractivity contribution in [1.82, 2.24) is 0 Å². The fourth-order valence-electron chi connectivity index (χ4n) is 1.22. The van der Waals surface area contributed by atoms with E-state index >= 15 is 0 Å². The van der Waals surface area contributed by atoms with E-state index in [0.717, 1.165) is 11.3 Å². The molecular formula is C10H16ClN3. The lowest BCUT2D eigenvalue weighted by Gasteiger charge is -2.16. The maximum absolute atomic E-state index is 6.08. The molecule has 78 valence electrons. The van der Waals surface area contributed by atoms with Gasteiger partial charge in [-0.2, -0.15) is 0 Å². The van der Waals surface area contributed by atoms with E-state index in [1.165, 1.54) is 0 Å². The third-order valence-electron chi connectivity index (χ3n) is 2.15. The number of benzene rings is 1. The minimum atomic E-state index is -0.182. The quantitative estimate of drug-likeness (QED) is 0.798. The third kappa shape index (κ3) is 2.38. The van der Waals surface area contributed by atoms with Crippen molar-refractivity contribution in [1.29, 1.82) is 0 Å². The van der Waals surface area contributed by atoms with Gasteiger partial charge < -0.3 is 16.4 Å². The highest BCUT2D eigenvalue weighted by Gasteiger charge is 2.09. The highest BCUT2D eigenvalue weighted by Crippen LogP contribution is 2.25. The van der Waals surface area contributed by atoms with Crippen LogP contribution in [0.3, 0.4) is 0 Å². The molecule has 1 aromatic rings. The molecule has 0 aliphatic rings. The summed E-state index contributed by atoms with van der Waals surface area (Å²) in [6.45, 7) is 0.404. The van der Waals surface area contributed by atoms with Gasteiger partial charge in [-0.3, -0.25) is 0 Å². The molecule has 4 heteroatoms. The molecule has 0 radical (unpaired) electrons. The SMILES string of the molecule is CN(C)c1ccc(C(N)CN)c(Cl)c1. The summed E-state index contributed by atoms with van der Waals surface area (Å²) in [7, 11) is 3.93. The Morgan fingerprint density at radius 2 is 2.07 bits per heavy atom.